The van der Waals surface area contributed by atoms with Crippen molar-refractivity contribution >= 4 is 5.78 Å². The molecule has 3 rings (SSSR count). The lowest BCUT2D eigenvalue weighted by Gasteiger charge is -2.16. The van der Waals surface area contributed by atoms with Gasteiger partial charge in [0.2, 0.25) is 0 Å². The van der Waals surface area contributed by atoms with Crippen molar-refractivity contribution in [2.75, 3.05) is 6.61 Å². The second-order valence-corrected chi connectivity index (χ2v) is 5.53. The first-order chi connectivity index (χ1) is 10.6. The normalized spacial score (nSPS) is 15.6. The molecule has 1 saturated carbocycles. The van der Waals surface area contributed by atoms with Gasteiger partial charge in [-0.3, -0.25) is 4.79 Å². The highest BCUT2D eigenvalue weighted by molar-refractivity contribution is 5.96. The maximum absolute atomic E-state index is 14.0. The lowest BCUT2D eigenvalue weighted by Crippen LogP contribution is -2.16. The van der Waals surface area contributed by atoms with Crippen molar-refractivity contribution in [3.05, 3.63) is 59.2 Å². The Hall–Kier alpha value is -2.21. The Kier molecular flexibility index (Phi) is 3.70. The van der Waals surface area contributed by atoms with E-state index in [9.17, 15) is 13.6 Å². The first kappa shape index (κ1) is 14.7. The third-order valence-corrected chi connectivity index (χ3v) is 4.04. The van der Waals surface area contributed by atoms with Crippen LogP contribution in [-0.4, -0.2) is 27.5 Å². The molecule has 0 unspecified atom stereocenters. The van der Waals surface area contributed by atoms with E-state index in [0.29, 0.717) is 17.8 Å². The summed E-state index contributed by atoms with van der Waals surface area (Å²) >= 11 is 0. The Balaban J connectivity index is 1.83. The van der Waals surface area contributed by atoms with Crippen LogP contribution in [0, 0.1) is 11.6 Å². The second kappa shape index (κ2) is 5.53. The van der Waals surface area contributed by atoms with E-state index < -0.39 is 29.4 Å². The molecular weight excluding hydrogens is 290 g/mol. The third kappa shape index (κ3) is 2.62. The number of hydrogen-bond acceptors (Lipinski definition) is 4. The van der Waals surface area contributed by atoms with Gasteiger partial charge in [-0.1, -0.05) is 12.1 Å². The SMILES string of the molecule is O=C(CO)c1cnc(CC2(c3cccc(F)c3F)CC2)nc1. The van der Waals surface area contributed by atoms with Crippen molar-refractivity contribution < 1.29 is 18.7 Å². The molecule has 0 amide bonds. The number of carbonyl (C=O) groups is 1. The maximum Gasteiger partial charge on any atom is 0.191 e. The number of Topliss-reactive ketones (excluding diaryl/α,β-unsaturated/α-hetero) is 1. The molecule has 1 aliphatic rings. The molecule has 0 aliphatic heterocycles. The quantitative estimate of drug-likeness (QED) is 0.860. The van der Waals surface area contributed by atoms with Crippen molar-refractivity contribution in [3.8, 4) is 0 Å². The van der Waals surface area contributed by atoms with E-state index >= 15 is 0 Å². The minimum Gasteiger partial charge on any atom is -0.388 e. The van der Waals surface area contributed by atoms with Crippen molar-refractivity contribution in [3.63, 3.8) is 0 Å². The minimum absolute atomic E-state index is 0.230. The summed E-state index contributed by atoms with van der Waals surface area (Å²) in [4.78, 5) is 19.5. The number of aromatic nitrogens is 2. The Morgan fingerprint density at radius 3 is 2.50 bits per heavy atom. The number of carbonyl (C=O) groups excluding carboxylic acids is 1. The first-order valence-electron chi connectivity index (χ1n) is 6.95. The summed E-state index contributed by atoms with van der Waals surface area (Å²) in [5.41, 5.74) is 0.119. The van der Waals surface area contributed by atoms with Crippen molar-refractivity contribution in [2.45, 2.75) is 24.7 Å². The Morgan fingerprint density at radius 2 is 1.91 bits per heavy atom. The van der Waals surface area contributed by atoms with Crippen LogP contribution in [0.5, 0.6) is 0 Å². The fourth-order valence-electron chi connectivity index (χ4n) is 2.59. The van der Waals surface area contributed by atoms with Gasteiger partial charge in [-0.2, -0.15) is 0 Å². The highest BCUT2D eigenvalue weighted by Gasteiger charge is 2.47. The lowest BCUT2D eigenvalue weighted by molar-refractivity contribution is 0.0903. The highest BCUT2D eigenvalue weighted by Crippen LogP contribution is 2.51. The van der Waals surface area contributed by atoms with Gasteiger partial charge in [0.25, 0.3) is 0 Å². The first-order valence-corrected chi connectivity index (χ1v) is 6.95. The summed E-state index contributed by atoms with van der Waals surface area (Å²) in [6.45, 7) is -0.596. The fourth-order valence-corrected chi connectivity index (χ4v) is 2.59. The van der Waals surface area contributed by atoms with E-state index in [1.54, 1.807) is 6.07 Å². The largest absolute Gasteiger partial charge is 0.388 e. The molecule has 1 aliphatic carbocycles. The van der Waals surface area contributed by atoms with E-state index in [1.807, 2.05) is 0 Å². The number of rotatable bonds is 5. The molecule has 1 N–H and O–H groups in total. The van der Waals surface area contributed by atoms with Crippen molar-refractivity contribution in [2.24, 2.45) is 0 Å². The third-order valence-electron chi connectivity index (χ3n) is 4.04. The molecule has 1 heterocycles. The fraction of sp³-hybridized carbons (Fsp3) is 0.312. The van der Waals surface area contributed by atoms with Gasteiger partial charge in [-0.15, -0.1) is 0 Å². The number of nitrogens with zero attached hydrogens (tertiary/aromatic N) is 2. The van der Waals surface area contributed by atoms with Crippen LogP contribution >= 0.6 is 0 Å². The summed E-state index contributed by atoms with van der Waals surface area (Å²) < 4.78 is 27.4. The monoisotopic (exact) mass is 304 g/mol. The summed E-state index contributed by atoms with van der Waals surface area (Å²) in [6.07, 6.45) is 4.57. The van der Waals surface area contributed by atoms with Gasteiger partial charge < -0.3 is 5.11 Å². The van der Waals surface area contributed by atoms with E-state index in [-0.39, 0.29) is 5.56 Å². The molecular formula is C16H14F2N2O2. The van der Waals surface area contributed by atoms with Gasteiger partial charge in [0, 0.05) is 24.2 Å². The predicted octanol–water partition coefficient (Wildman–Crippen LogP) is 2.20. The number of halogens is 2. The molecule has 1 aromatic carbocycles. The van der Waals surface area contributed by atoms with Crippen LogP contribution in [0.1, 0.15) is 34.6 Å². The van der Waals surface area contributed by atoms with Gasteiger partial charge in [0.15, 0.2) is 17.4 Å². The molecule has 4 nitrogen and oxygen atoms in total. The summed E-state index contributed by atoms with van der Waals surface area (Å²) in [5, 5.41) is 8.78. The molecule has 0 saturated heterocycles. The van der Waals surface area contributed by atoms with E-state index in [1.165, 1.54) is 18.5 Å². The van der Waals surface area contributed by atoms with Gasteiger partial charge in [0.05, 0.1) is 5.56 Å². The number of benzene rings is 1. The minimum atomic E-state index is -0.853. The van der Waals surface area contributed by atoms with E-state index in [2.05, 4.69) is 9.97 Å². The standard InChI is InChI=1S/C16H14F2N2O2/c17-12-3-1-2-11(15(12)18)16(4-5-16)6-14-19-7-10(8-20-14)13(22)9-21/h1-3,7-8,21H,4-6,9H2. The Morgan fingerprint density at radius 1 is 1.23 bits per heavy atom. The molecule has 0 atom stereocenters. The topological polar surface area (TPSA) is 63.1 Å². The van der Waals surface area contributed by atoms with E-state index in [4.69, 9.17) is 5.11 Å². The highest BCUT2D eigenvalue weighted by atomic mass is 19.2. The van der Waals surface area contributed by atoms with E-state index in [0.717, 1.165) is 18.9 Å². The average molecular weight is 304 g/mol. The molecule has 0 radical (unpaired) electrons. The Bertz CT molecular complexity index is 713. The summed E-state index contributed by atoms with van der Waals surface area (Å²) in [6, 6.07) is 4.19. The average Bonchev–Trinajstić information content (AvgIpc) is 3.30. The van der Waals surface area contributed by atoms with Crippen LogP contribution in [-0.2, 0) is 11.8 Å². The van der Waals surface area contributed by atoms with Crippen LogP contribution in [0.15, 0.2) is 30.6 Å². The zero-order valence-corrected chi connectivity index (χ0v) is 11.7. The predicted molar refractivity (Wildman–Crippen MR) is 74.4 cm³/mol. The number of aliphatic hydroxyl groups is 1. The molecule has 22 heavy (non-hydrogen) atoms. The van der Waals surface area contributed by atoms with Gasteiger partial charge in [-0.05, 0) is 24.5 Å². The van der Waals surface area contributed by atoms with Gasteiger partial charge in [0.1, 0.15) is 12.4 Å². The molecule has 1 fully saturated rings. The number of aliphatic hydroxyl groups excluding tert-OH is 1. The van der Waals surface area contributed by atoms with Crippen molar-refractivity contribution in [1.29, 1.82) is 0 Å². The maximum atomic E-state index is 14.0. The lowest BCUT2D eigenvalue weighted by atomic mass is 9.91. The van der Waals surface area contributed by atoms with Crippen LogP contribution in [0.3, 0.4) is 0 Å². The zero-order chi connectivity index (χ0) is 15.7. The van der Waals surface area contributed by atoms with Crippen molar-refractivity contribution in [1.82, 2.24) is 9.97 Å². The second-order valence-electron chi connectivity index (χ2n) is 5.53. The smallest absolute Gasteiger partial charge is 0.191 e. The summed E-state index contributed by atoms with van der Waals surface area (Å²) in [5.74, 6) is -1.65. The van der Waals surface area contributed by atoms with Gasteiger partial charge in [-0.25, -0.2) is 18.7 Å². The summed E-state index contributed by atoms with van der Waals surface area (Å²) in [7, 11) is 0. The molecule has 0 bridgehead atoms. The van der Waals surface area contributed by atoms with Crippen LogP contribution in [0.2, 0.25) is 0 Å². The van der Waals surface area contributed by atoms with Crippen LogP contribution in [0.4, 0.5) is 8.78 Å². The molecule has 6 heteroatoms. The van der Waals surface area contributed by atoms with Crippen LogP contribution in [0.25, 0.3) is 0 Å². The number of ketones is 1. The zero-order valence-electron chi connectivity index (χ0n) is 11.7. The molecule has 0 spiro atoms. The molecule has 114 valence electrons. The molecule has 2 aromatic rings. The Labute approximate surface area is 125 Å². The van der Waals surface area contributed by atoms with Crippen LogP contribution < -0.4 is 0 Å². The van der Waals surface area contributed by atoms with Gasteiger partial charge >= 0.3 is 0 Å². The molecule has 1 aromatic heterocycles. The number of hydrogen-bond donors (Lipinski definition) is 1.